The van der Waals surface area contributed by atoms with Gasteiger partial charge in [-0.25, -0.2) is 4.79 Å². The highest BCUT2D eigenvalue weighted by Crippen LogP contribution is 2.38. The van der Waals surface area contributed by atoms with E-state index in [1.54, 1.807) is 6.07 Å². The lowest BCUT2D eigenvalue weighted by atomic mass is 9.83. The Morgan fingerprint density at radius 2 is 2.03 bits per heavy atom. The largest absolute Gasteiger partial charge is 0.507 e. The number of hydrogen-bond donors (Lipinski definition) is 1. The Hall–Kier alpha value is -3.39. The normalized spacial score (nSPS) is 19.3. The Labute approximate surface area is 209 Å². The van der Waals surface area contributed by atoms with Gasteiger partial charge in [0.15, 0.2) is 0 Å². The van der Waals surface area contributed by atoms with Crippen LogP contribution in [0.4, 0.5) is 0 Å². The number of phenols is 1. The summed E-state index contributed by atoms with van der Waals surface area (Å²) >= 11 is 0. The SMILES string of the molecule is CCCOC(=O)CCc1cc2c(C)cc(=O)oc2c(CN2C[C@H]3C[C@@H](C2)c2cccc(=O)n2C3)c1O. The number of aromatic hydroxyl groups is 1. The third-order valence-electron chi connectivity index (χ3n) is 7.39. The fourth-order valence-corrected chi connectivity index (χ4v) is 5.78. The van der Waals surface area contributed by atoms with Crippen molar-refractivity contribution < 1.29 is 19.1 Å². The van der Waals surface area contributed by atoms with Crippen molar-refractivity contribution in [1.29, 1.82) is 0 Å². The minimum Gasteiger partial charge on any atom is -0.507 e. The first-order valence-electron chi connectivity index (χ1n) is 12.7. The van der Waals surface area contributed by atoms with Gasteiger partial charge in [0.2, 0.25) is 0 Å². The molecule has 1 aromatic carbocycles. The summed E-state index contributed by atoms with van der Waals surface area (Å²) in [6.45, 7) is 6.78. The van der Waals surface area contributed by atoms with Crippen LogP contribution in [-0.2, 0) is 29.0 Å². The third kappa shape index (κ3) is 4.69. The van der Waals surface area contributed by atoms with Crippen LogP contribution in [0.25, 0.3) is 11.0 Å². The minimum atomic E-state index is -0.458. The van der Waals surface area contributed by atoms with Gasteiger partial charge in [0.1, 0.15) is 11.3 Å². The maximum Gasteiger partial charge on any atom is 0.336 e. The molecular weight excluding hydrogens is 460 g/mol. The van der Waals surface area contributed by atoms with Crippen LogP contribution in [0, 0.1) is 12.8 Å². The van der Waals surface area contributed by atoms with Gasteiger partial charge in [-0.05, 0) is 55.4 Å². The Balaban J connectivity index is 1.47. The highest BCUT2D eigenvalue weighted by Gasteiger charge is 2.35. The monoisotopic (exact) mass is 492 g/mol. The molecule has 0 spiro atoms. The zero-order valence-electron chi connectivity index (χ0n) is 20.8. The molecule has 0 aliphatic carbocycles. The topological polar surface area (TPSA) is 102 Å². The lowest BCUT2D eigenvalue weighted by Gasteiger charge is -2.42. The van der Waals surface area contributed by atoms with Crippen molar-refractivity contribution >= 4 is 16.9 Å². The van der Waals surface area contributed by atoms with Crippen LogP contribution in [0.3, 0.4) is 0 Å². The molecule has 2 aliphatic rings. The number of ether oxygens (including phenoxy) is 1. The number of esters is 1. The summed E-state index contributed by atoms with van der Waals surface area (Å²) in [5.74, 6) is 0.318. The van der Waals surface area contributed by atoms with Gasteiger partial charge >= 0.3 is 11.6 Å². The van der Waals surface area contributed by atoms with Gasteiger partial charge in [0.25, 0.3) is 5.56 Å². The second-order valence-electron chi connectivity index (χ2n) is 10.1. The third-order valence-corrected chi connectivity index (χ3v) is 7.39. The number of pyridine rings is 1. The van der Waals surface area contributed by atoms with Crippen LogP contribution < -0.4 is 11.2 Å². The molecule has 8 heteroatoms. The average molecular weight is 493 g/mol. The maximum atomic E-state index is 12.4. The molecule has 3 aromatic rings. The van der Waals surface area contributed by atoms with Gasteiger partial charge in [-0.1, -0.05) is 13.0 Å². The Bertz CT molecular complexity index is 1420. The quantitative estimate of drug-likeness (QED) is 0.398. The summed E-state index contributed by atoms with van der Waals surface area (Å²) in [6.07, 6.45) is 2.28. The van der Waals surface area contributed by atoms with Crippen LogP contribution >= 0.6 is 0 Å². The highest BCUT2D eigenvalue weighted by molar-refractivity contribution is 5.86. The van der Waals surface area contributed by atoms with Crippen molar-refractivity contribution in [3.8, 4) is 5.75 Å². The predicted octanol–water partition coefficient (Wildman–Crippen LogP) is 3.47. The molecule has 36 heavy (non-hydrogen) atoms. The number of carbonyl (C=O) groups is 1. The molecule has 190 valence electrons. The fraction of sp³-hybridized carbons (Fsp3) is 0.464. The maximum absolute atomic E-state index is 12.4. The minimum absolute atomic E-state index is 0.0432. The number of nitrogens with zero attached hydrogens (tertiary/aromatic N) is 2. The summed E-state index contributed by atoms with van der Waals surface area (Å²) in [5, 5.41) is 12.1. The summed E-state index contributed by atoms with van der Waals surface area (Å²) in [6, 6.07) is 8.72. The average Bonchev–Trinajstić information content (AvgIpc) is 2.84. The van der Waals surface area contributed by atoms with E-state index in [2.05, 4.69) is 4.90 Å². The summed E-state index contributed by atoms with van der Waals surface area (Å²) in [4.78, 5) is 39.0. The smallest absolute Gasteiger partial charge is 0.336 e. The molecule has 0 saturated carbocycles. The van der Waals surface area contributed by atoms with Crippen LogP contribution in [0.5, 0.6) is 5.75 Å². The number of benzene rings is 1. The van der Waals surface area contributed by atoms with Crippen molar-refractivity contribution in [3.63, 3.8) is 0 Å². The van der Waals surface area contributed by atoms with Gasteiger partial charge in [-0.3, -0.25) is 14.5 Å². The Kier molecular flexibility index (Phi) is 6.71. The van der Waals surface area contributed by atoms with Crippen molar-refractivity contribution in [2.24, 2.45) is 5.92 Å². The van der Waals surface area contributed by atoms with E-state index < -0.39 is 5.63 Å². The summed E-state index contributed by atoms with van der Waals surface area (Å²) in [5.41, 5.74) is 3.00. The summed E-state index contributed by atoms with van der Waals surface area (Å²) in [7, 11) is 0. The molecule has 2 bridgehead atoms. The van der Waals surface area contributed by atoms with Crippen LogP contribution in [0.1, 0.15) is 54.5 Å². The molecule has 2 atom stereocenters. The van der Waals surface area contributed by atoms with E-state index in [0.29, 0.717) is 48.7 Å². The molecule has 2 aromatic heterocycles. The molecule has 1 saturated heterocycles. The van der Waals surface area contributed by atoms with Gasteiger partial charge < -0.3 is 18.8 Å². The molecule has 5 rings (SSSR count). The number of aryl methyl sites for hydroxylation is 2. The first kappa shape index (κ1) is 24.3. The van der Waals surface area contributed by atoms with Gasteiger partial charge in [0, 0.05) is 61.7 Å². The van der Waals surface area contributed by atoms with Crippen molar-refractivity contribution in [3.05, 3.63) is 73.5 Å². The van der Waals surface area contributed by atoms with Gasteiger partial charge in [0.05, 0.1) is 12.2 Å². The number of carbonyl (C=O) groups excluding carboxylic acids is 1. The zero-order valence-corrected chi connectivity index (χ0v) is 20.8. The van der Waals surface area contributed by atoms with Crippen LogP contribution in [-0.4, -0.2) is 40.2 Å². The Morgan fingerprint density at radius 3 is 2.83 bits per heavy atom. The van der Waals surface area contributed by atoms with Gasteiger partial charge in [-0.2, -0.15) is 0 Å². The molecule has 2 aliphatic heterocycles. The van der Waals surface area contributed by atoms with Crippen LogP contribution in [0.2, 0.25) is 0 Å². The zero-order chi connectivity index (χ0) is 25.4. The van der Waals surface area contributed by atoms with E-state index >= 15 is 0 Å². The van der Waals surface area contributed by atoms with E-state index in [9.17, 15) is 19.5 Å². The first-order valence-corrected chi connectivity index (χ1v) is 12.7. The molecule has 1 N–H and O–H groups in total. The molecular formula is C28H32N2O6. The van der Waals surface area contributed by atoms with Crippen molar-refractivity contribution in [2.75, 3.05) is 19.7 Å². The molecule has 1 fully saturated rings. The van der Waals surface area contributed by atoms with Crippen LogP contribution in [0.15, 0.2) is 44.3 Å². The predicted molar refractivity (Wildman–Crippen MR) is 135 cm³/mol. The molecule has 0 radical (unpaired) electrons. The lowest BCUT2D eigenvalue weighted by molar-refractivity contribution is -0.143. The number of likely N-dealkylation sites (tertiary alicyclic amines) is 1. The second-order valence-corrected chi connectivity index (χ2v) is 10.1. The highest BCUT2D eigenvalue weighted by atomic mass is 16.5. The second kappa shape index (κ2) is 9.93. The van der Waals surface area contributed by atoms with E-state index in [1.807, 2.05) is 36.6 Å². The number of aromatic nitrogens is 1. The van der Waals surface area contributed by atoms with E-state index in [0.717, 1.165) is 42.6 Å². The van der Waals surface area contributed by atoms with E-state index in [-0.39, 0.29) is 29.6 Å². The number of hydrogen-bond acceptors (Lipinski definition) is 7. The number of rotatable bonds is 7. The Morgan fingerprint density at radius 1 is 1.19 bits per heavy atom. The van der Waals surface area contributed by atoms with E-state index in [4.69, 9.17) is 9.15 Å². The number of fused-ring (bicyclic) bond motifs is 5. The first-order chi connectivity index (χ1) is 17.3. The molecule has 0 amide bonds. The van der Waals surface area contributed by atoms with E-state index in [1.165, 1.54) is 6.07 Å². The fourth-order valence-electron chi connectivity index (χ4n) is 5.78. The lowest BCUT2D eigenvalue weighted by Crippen LogP contribution is -2.46. The summed E-state index contributed by atoms with van der Waals surface area (Å²) < 4.78 is 12.7. The number of phenolic OH excluding ortho intramolecular Hbond substituents is 1. The van der Waals surface area contributed by atoms with Gasteiger partial charge in [-0.15, -0.1) is 0 Å². The molecule has 4 heterocycles. The molecule has 8 nitrogen and oxygen atoms in total. The van der Waals surface area contributed by atoms with Crippen molar-refractivity contribution in [2.45, 2.75) is 58.5 Å². The molecule has 0 unspecified atom stereocenters. The van der Waals surface area contributed by atoms with Crippen molar-refractivity contribution in [1.82, 2.24) is 9.47 Å². The number of piperidine rings is 1. The standard InChI is InChI=1S/C28H32N2O6/c1-3-9-35-25(32)8-7-19-12-21-17(2)10-26(33)36-28(21)22(27(19)34)16-29-13-18-11-20(15-29)23-5-4-6-24(31)30(23)14-18/h4-6,10,12,18,20,34H,3,7-9,11,13-16H2,1-2H3/t18-,20+/m1/s1.